The lowest BCUT2D eigenvalue weighted by Crippen LogP contribution is -2.20. The van der Waals surface area contributed by atoms with Gasteiger partial charge in [-0.3, -0.25) is 0 Å². The lowest BCUT2D eigenvalue weighted by molar-refractivity contribution is 0.395. The molecule has 1 aromatic rings. The fraction of sp³-hybridized carbons (Fsp3) is 0.286. The van der Waals surface area contributed by atoms with Gasteiger partial charge in [0.1, 0.15) is 10.5 Å². The van der Waals surface area contributed by atoms with Crippen molar-refractivity contribution in [3.05, 3.63) is 12.1 Å². The van der Waals surface area contributed by atoms with Crippen LogP contribution >= 0.6 is 34.6 Å². The molecular formula is C7H8IN3OS. The van der Waals surface area contributed by atoms with Gasteiger partial charge in [0.05, 0.1) is 12.8 Å². The van der Waals surface area contributed by atoms with Crippen LogP contribution < -0.4 is 13.6 Å². The average Bonchev–Trinajstić information content (AvgIpc) is 2.58. The molecule has 0 amide bonds. The van der Waals surface area contributed by atoms with E-state index >= 15 is 0 Å². The van der Waals surface area contributed by atoms with Gasteiger partial charge < -0.3 is 10.1 Å². The second kappa shape index (κ2) is 3.89. The quantitative estimate of drug-likeness (QED) is 0.645. The number of methoxy groups -OCH3 is 1. The molecule has 0 radical (unpaired) electrons. The molecule has 4 nitrogen and oxygen atoms in total. The third kappa shape index (κ3) is 1.84. The highest BCUT2D eigenvalue weighted by atomic mass is 127. The zero-order valence-electron chi connectivity index (χ0n) is 6.87. The van der Waals surface area contributed by atoms with Crippen molar-refractivity contribution in [1.82, 2.24) is 8.51 Å². The van der Waals surface area contributed by atoms with Crippen LogP contribution in [0.25, 0.3) is 0 Å². The van der Waals surface area contributed by atoms with E-state index in [2.05, 4.69) is 36.7 Å². The minimum absolute atomic E-state index is 0.204. The van der Waals surface area contributed by atoms with Gasteiger partial charge in [-0.2, -0.15) is 0 Å². The van der Waals surface area contributed by atoms with Crippen LogP contribution in [-0.2, 0) is 0 Å². The number of hydrogen-bond donors (Lipinski definition) is 2. The van der Waals surface area contributed by atoms with Crippen molar-refractivity contribution in [3.8, 4) is 5.88 Å². The zero-order valence-corrected chi connectivity index (χ0v) is 9.85. The number of nitrogens with one attached hydrogen (secondary N) is 2. The maximum absolute atomic E-state index is 5.03. The highest BCUT2D eigenvalue weighted by Gasteiger charge is 2.21. The first-order valence-electron chi connectivity index (χ1n) is 3.68. The van der Waals surface area contributed by atoms with Crippen LogP contribution in [0.5, 0.6) is 5.88 Å². The lowest BCUT2D eigenvalue weighted by Gasteiger charge is -2.04. The number of nitrogens with zero attached hydrogens (tertiary/aromatic N) is 1. The first-order chi connectivity index (χ1) is 6.33. The molecule has 70 valence electrons. The van der Waals surface area contributed by atoms with Gasteiger partial charge in [0.25, 0.3) is 0 Å². The molecule has 6 heteroatoms. The summed E-state index contributed by atoms with van der Waals surface area (Å²) in [5, 5.41) is 4.24. The van der Waals surface area contributed by atoms with Crippen LogP contribution in [0, 0.1) is 0 Å². The SMILES string of the molecule is COc1ccc2c(n1)SC(NI)N2. The monoisotopic (exact) mass is 309 g/mol. The van der Waals surface area contributed by atoms with Crippen molar-refractivity contribution in [2.75, 3.05) is 12.4 Å². The molecule has 0 saturated carbocycles. The van der Waals surface area contributed by atoms with E-state index in [0.717, 1.165) is 10.7 Å². The summed E-state index contributed by atoms with van der Waals surface area (Å²) in [6, 6.07) is 3.82. The van der Waals surface area contributed by atoms with Gasteiger partial charge in [-0.15, -0.1) is 0 Å². The van der Waals surface area contributed by atoms with Crippen LogP contribution in [0.3, 0.4) is 0 Å². The molecule has 0 spiro atoms. The highest BCUT2D eigenvalue weighted by Crippen LogP contribution is 2.36. The van der Waals surface area contributed by atoms with Gasteiger partial charge in [0.15, 0.2) is 0 Å². The molecule has 0 aromatic carbocycles. The molecule has 1 aromatic heterocycles. The number of anilines is 1. The molecule has 1 unspecified atom stereocenters. The van der Waals surface area contributed by atoms with E-state index in [9.17, 15) is 0 Å². The Balaban J connectivity index is 2.25. The summed E-state index contributed by atoms with van der Waals surface area (Å²) in [4.78, 5) is 4.30. The van der Waals surface area contributed by atoms with Gasteiger partial charge >= 0.3 is 0 Å². The number of fused-ring (bicyclic) bond motifs is 1. The molecule has 1 aliphatic rings. The van der Waals surface area contributed by atoms with Crippen molar-refractivity contribution in [2.24, 2.45) is 0 Å². The van der Waals surface area contributed by atoms with Crippen molar-refractivity contribution in [1.29, 1.82) is 0 Å². The van der Waals surface area contributed by atoms with Crippen molar-refractivity contribution < 1.29 is 4.74 Å². The fourth-order valence-electron chi connectivity index (χ4n) is 1.07. The van der Waals surface area contributed by atoms with E-state index in [4.69, 9.17) is 4.74 Å². The average molecular weight is 309 g/mol. The Bertz CT molecular complexity index is 323. The normalized spacial score (nSPS) is 19.4. The maximum Gasteiger partial charge on any atom is 0.214 e. The molecule has 0 aliphatic carbocycles. The molecule has 1 aliphatic heterocycles. The van der Waals surface area contributed by atoms with E-state index in [1.165, 1.54) is 0 Å². The van der Waals surface area contributed by atoms with Crippen LogP contribution in [0.4, 0.5) is 5.69 Å². The lowest BCUT2D eigenvalue weighted by atomic mass is 10.4. The first-order valence-corrected chi connectivity index (χ1v) is 5.63. The van der Waals surface area contributed by atoms with E-state index in [0.29, 0.717) is 5.88 Å². The van der Waals surface area contributed by atoms with E-state index < -0.39 is 0 Å². The first kappa shape index (κ1) is 9.35. The van der Waals surface area contributed by atoms with Crippen molar-refractivity contribution in [3.63, 3.8) is 0 Å². The number of rotatable bonds is 2. The Labute approximate surface area is 94.3 Å². The topological polar surface area (TPSA) is 46.2 Å². The summed E-state index contributed by atoms with van der Waals surface area (Å²) in [5.74, 6) is 0.655. The Hall–Kier alpha value is -0.210. The van der Waals surface area contributed by atoms with Crippen molar-refractivity contribution >= 4 is 40.3 Å². The Morgan fingerprint density at radius 3 is 3.23 bits per heavy atom. The van der Waals surface area contributed by atoms with E-state index in [1.54, 1.807) is 18.9 Å². The van der Waals surface area contributed by atoms with Gasteiger partial charge in [-0.25, -0.2) is 8.51 Å². The van der Waals surface area contributed by atoms with Gasteiger partial charge in [0.2, 0.25) is 5.88 Å². The Morgan fingerprint density at radius 1 is 1.69 bits per heavy atom. The van der Waals surface area contributed by atoms with Crippen LogP contribution in [-0.4, -0.2) is 17.6 Å². The molecule has 2 N–H and O–H groups in total. The molecule has 0 bridgehead atoms. The second-order valence-electron chi connectivity index (χ2n) is 2.46. The molecular weight excluding hydrogens is 301 g/mol. The number of pyridine rings is 1. The minimum atomic E-state index is 0.204. The molecule has 0 fully saturated rings. The summed E-state index contributed by atoms with van der Waals surface area (Å²) in [6.45, 7) is 0. The third-order valence-electron chi connectivity index (χ3n) is 1.66. The van der Waals surface area contributed by atoms with Crippen LogP contribution in [0.15, 0.2) is 17.2 Å². The number of aromatic nitrogens is 1. The van der Waals surface area contributed by atoms with Gasteiger partial charge in [-0.05, 0) is 6.07 Å². The minimum Gasteiger partial charge on any atom is -0.481 e. The van der Waals surface area contributed by atoms with Crippen molar-refractivity contribution in [2.45, 2.75) is 10.5 Å². The molecule has 0 saturated heterocycles. The Morgan fingerprint density at radius 2 is 2.54 bits per heavy atom. The van der Waals surface area contributed by atoms with Crippen LogP contribution in [0.2, 0.25) is 0 Å². The summed E-state index contributed by atoms with van der Waals surface area (Å²) in [6.07, 6.45) is 0. The fourth-order valence-corrected chi connectivity index (χ4v) is 2.46. The summed E-state index contributed by atoms with van der Waals surface area (Å²) >= 11 is 3.76. The number of thioether (sulfide) groups is 1. The van der Waals surface area contributed by atoms with Crippen LogP contribution in [0.1, 0.15) is 0 Å². The molecule has 2 rings (SSSR count). The summed E-state index contributed by atoms with van der Waals surface area (Å²) < 4.78 is 8.12. The predicted octanol–water partition coefficient (Wildman–Crippen LogP) is 1.83. The highest BCUT2D eigenvalue weighted by molar-refractivity contribution is 14.1. The van der Waals surface area contributed by atoms with E-state index in [-0.39, 0.29) is 5.50 Å². The predicted molar refractivity (Wildman–Crippen MR) is 61.2 cm³/mol. The standard InChI is InChI=1S/C7H8IN3OS/c1-12-5-3-2-4-6(10-5)13-7(9-4)11-8/h2-3,7,9,11H,1H3. The zero-order chi connectivity index (χ0) is 9.26. The van der Waals surface area contributed by atoms with E-state index in [1.807, 2.05) is 12.1 Å². The molecule has 2 heterocycles. The maximum atomic E-state index is 5.03. The molecule has 13 heavy (non-hydrogen) atoms. The number of hydrogen-bond acceptors (Lipinski definition) is 5. The summed E-state index contributed by atoms with van der Waals surface area (Å²) in [5.41, 5.74) is 1.26. The smallest absolute Gasteiger partial charge is 0.214 e. The van der Waals surface area contributed by atoms with Gasteiger partial charge in [-0.1, -0.05) is 11.8 Å². The van der Waals surface area contributed by atoms with Gasteiger partial charge in [0, 0.05) is 28.9 Å². The Kier molecular flexibility index (Phi) is 2.80. The second-order valence-corrected chi connectivity index (χ2v) is 4.17. The summed E-state index contributed by atoms with van der Waals surface area (Å²) in [7, 11) is 1.62. The number of ether oxygens (including phenoxy) is 1. The largest absolute Gasteiger partial charge is 0.481 e. The molecule has 1 atom stereocenters. The number of halogens is 1. The third-order valence-corrected chi connectivity index (χ3v) is 3.71.